The summed E-state index contributed by atoms with van der Waals surface area (Å²) in [6.07, 6.45) is 1.91. The van der Waals surface area contributed by atoms with Crippen LogP contribution in [-0.2, 0) is 21.7 Å². The Balaban J connectivity index is 0.878. The van der Waals surface area contributed by atoms with Crippen LogP contribution in [0.1, 0.15) is 99.9 Å². The number of para-hydroxylation sites is 2. The number of benzene rings is 9. The SMILES string of the molecule is CC1(C)c2ccccc2-c2ccc(-c3cc4c(c5c3oc3ccccc35)-c3ccc(N(c5ccc6c(c5)C(C)(C)c5c7c(c8c(oc9ccccc98)c5-6)-c5ccccc5C7(C)C)c5ccccn5)cc3C4(C)C)cc21. The number of pyridine rings is 1. The smallest absolute Gasteiger partial charge is 0.144 e. The predicted molar refractivity (Wildman–Crippen MR) is 309 cm³/mol. The minimum absolute atomic E-state index is 0.125. The first-order valence-corrected chi connectivity index (χ1v) is 26.6. The Morgan fingerprint density at radius 3 is 1.55 bits per heavy atom. The molecule has 0 radical (unpaired) electrons. The van der Waals surface area contributed by atoms with Gasteiger partial charge in [0, 0.05) is 71.9 Å². The monoisotopic (exact) mass is 966 g/mol. The second-order valence-electron chi connectivity index (χ2n) is 23.8. The number of anilines is 3. The summed E-state index contributed by atoms with van der Waals surface area (Å²) in [6, 6.07) is 65.1. The Kier molecular flexibility index (Phi) is 8.15. The average molecular weight is 967 g/mol. The van der Waals surface area contributed by atoms with E-state index in [1.807, 2.05) is 12.3 Å². The molecular weight excluding hydrogens is 913 g/mol. The number of furan rings is 2. The van der Waals surface area contributed by atoms with Gasteiger partial charge in [-0.2, -0.15) is 0 Å². The van der Waals surface area contributed by atoms with E-state index in [9.17, 15) is 0 Å². The summed E-state index contributed by atoms with van der Waals surface area (Å²) in [5.41, 5.74) is 28.1. The first kappa shape index (κ1) is 43.0. The van der Waals surface area contributed by atoms with Gasteiger partial charge in [-0.05, 0) is 150 Å². The van der Waals surface area contributed by atoms with E-state index in [4.69, 9.17) is 13.8 Å². The van der Waals surface area contributed by atoms with Gasteiger partial charge >= 0.3 is 0 Å². The molecule has 0 atom stereocenters. The third-order valence-corrected chi connectivity index (χ3v) is 18.4. The van der Waals surface area contributed by atoms with E-state index in [0.717, 1.165) is 50.5 Å². The summed E-state index contributed by atoms with van der Waals surface area (Å²) >= 11 is 0. The molecule has 4 heteroatoms. The van der Waals surface area contributed by atoms with Gasteiger partial charge in [-0.25, -0.2) is 4.98 Å². The minimum Gasteiger partial charge on any atom is -0.455 e. The molecule has 4 nitrogen and oxygen atoms in total. The topological polar surface area (TPSA) is 42.4 Å². The van der Waals surface area contributed by atoms with Crippen LogP contribution in [0.3, 0.4) is 0 Å². The van der Waals surface area contributed by atoms with Crippen LogP contribution in [0.5, 0.6) is 0 Å². The minimum atomic E-state index is -0.358. The highest BCUT2D eigenvalue weighted by atomic mass is 16.3. The van der Waals surface area contributed by atoms with Gasteiger partial charge in [-0.1, -0.05) is 171 Å². The summed E-state index contributed by atoms with van der Waals surface area (Å²) in [4.78, 5) is 7.44. The van der Waals surface area contributed by atoms with Crippen molar-refractivity contribution >= 4 is 61.1 Å². The molecule has 0 saturated heterocycles. The van der Waals surface area contributed by atoms with Crippen molar-refractivity contribution in [3.05, 3.63) is 227 Å². The largest absolute Gasteiger partial charge is 0.455 e. The highest BCUT2D eigenvalue weighted by Crippen LogP contribution is 2.64. The summed E-state index contributed by atoms with van der Waals surface area (Å²) in [6.45, 7) is 19.2. The lowest BCUT2D eigenvalue weighted by atomic mass is 9.72. The summed E-state index contributed by atoms with van der Waals surface area (Å²) in [7, 11) is 0. The van der Waals surface area contributed by atoms with Crippen molar-refractivity contribution in [1.29, 1.82) is 0 Å². The van der Waals surface area contributed by atoms with Gasteiger partial charge in [0.2, 0.25) is 0 Å². The van der Waals surface area contributed by atoms with Gasteiger partial charge in [0.05, 0.1) is 0 Å². The number of hydrogen-bond donors (Lipinski definition) is 0. The summed E-state index contributed by atoms with van der Waals surface area (Å²) < 4.78 is 14.1. The molecule has 75 heavy (non-hydrogen) atoms. The maximum Gasteiger partial charge on any atom is 0.144 e. The average Bonchev–Trinajstić information content (AvgIpc) is 4.29. The number of rotatable bonds is 4. The van der Waals surface area contributed by atoms with Gasteiger partial charge in [-0.15, -0.1) is 0 Å². The molecule has 9 aromatic carbocycles. The van der Waals surface area contributed by atoms with Crippen LogP contribution < -0.4 is 4.90 Å². The van der Waals surface area contributed by atoms with Crippen LogP contribution in [0, 0.1) is 0 Å². The van der Waals surface area contributed by atoms with Crippen LogP contribution in [0.4, 0.5) is 17.2 Å². The predicted octanol–water partition coefficient (Wildman–Crippen LogP) is 19.2. The quantitative estimate of drug-likeness (QED) is 0.176. The first-order valence-electron chi connectivity index (χ1n) is 26.6. The molecule has 0 amide bonds. The van der Waals surface area contributed by atoms with E-state index < -0.39 is 0 Å². The van der Waals surface area contributed by atoms with Crippen molar-refractivity contribution in [3.8, 4) is 55.6 Å². The third-order valence-electron chi connectivity index (χ3n) is 18.4. The molecule has 16 rings (SSSR count). The maximum absolute atomic E-state index is 7.05. The molecule has 0 spiro atoms. The molecule has 3 heterocycles. The third kappa shape index (κ3) is 5.34. The van der Waals surface area contributed by atoms with Crippen molar-refractivity contribution in [3.63, 3.8) is 0 Å². The zero-order valence-electron chi connectivity index (χ0n) is 43.5. The van der Waals surface area contributed by atoms with Gasteiger partial charge in [0.15, 0.2) is 0 Å². The van der Waals surface area contributed by atoms with Crippen molar-refractivity contribution in [2.24, 2.45) is 0 Å². The fraction of sp³-hybridized carbons (Fsp3) is 0.169. The Hall–Kier alpha value is -8.47. The van der Waals surface area contributed by atoms with Crippen molar-refractivity contribution in [2.75, 3.05) is 4.90 Å². The Morgan fingerprint density at radius 2 is 0.853 bits per heavy atom. The molecular formula is C71H54N2O2. The number of aromatic nitrogens is 1. The summed E-state index contributed by atoms with van der Waals surface area (Å²) in [5.74, 6) is 0.864. The van der Waals surface area contributed by atoms with E-state index in [1.54, 1.807) is 0 Å². The number of fused-ring (bicyclic) bond motifs is 22. The van der Waals surface area contributed by atoms with Gasteiger partial charge < -0.3 is 8.83 Å². The molecule has 0 saturated carbocycles. The van der Waals surface area contributed by atoms with Crippen LogP contribution in [-0.4, -0.2) is 4.98 Å². The molecule has 0 unspecified atom stereocenters. The molecule has 3 aromatic heterocycles. The normalized spacial score (nSPS) is 16.2. The fourth-order valence-electron chi connectivity index (χ4n) is 14.9. The van der Waals surface area contributed by atoms with E-state index in [1.165, 1.54) is 111 Å². The zero-order valence-corrected chi connectivity index (χ0v) is 43.5. The van der Waals surface area contributed by atoms with Crippen molar-refractivity contribution in [2.45, 2.75) is 77.0 Å². The van der Waals surface area contributed by atoms with Crippen LogP contribution in [0.15, 0.2) is 191 Å². The standard InChI is InChI=1S/C71H54N2O2/c1-68(2)50-23-13-9-19-42(50)43-31-28-39(35-52(43)68)49-38-55-59(61-47-21-11-15-25-56(47)74-66(49)61)45-32-29-40(36-53(45)69(55,3)4)73(58-27-17-18-34-72-58)41-30-33-46-54(37-41)71(7,8)65-63(46)67-62(48-22-12-16-26-57(48)75-67)60-44-20-10-14-24-51(44)70(5,6)64(60)65/h9-38H,1-8H3. The van der Waals surface area contributed by atoms with Crippen molar-refractivity contribution in [1.82, 2.24) is 4.98 Å². The molecule has 0 N–H and O–H groups in total. The van der Waals surface area contributed by atoms with Gasteiger partial charge in [-0.3, -0.25) is 4.90 Å². The molecule has 12 aromatic rings. The Morgan fingerprint density at radius 1 is 0.360 bits per heavy atom. The molecule has 360 valence electrons. The lowest BCUT2D eigenvalue weighted by molar-refractivity contribution is 0.600. The highest BCUT2D eigenvalue weighted by Gasteiger charge is 2.49. The summed E-state index contributed by atoms with van der Waals surface area (Å²) in [5, 5.41) is 4.71. The van der Waals surface area contributed by atoms with Gasteiger partial charge in [0.25, 0.3) is 0 Å². The molecule has 0 bridgehead atoms. The Labute approximate surface area is 436 Å². The number of nitrogens with zero attached hydrogens (tertiary/aromatic N) is 2. The Bertz CT molecular complexity index is 4540. The molecule has 4 aliphatic rings. The van der Waals surface area contributed by atoms with Crippen LogP contribution in [0.25, 0.3) is 99.5 Å². The fourth-order valence-corrected chi connectivity index (χ4v) is 14.9. The van der Waals surface area contributed by atoms with Gasteiger partial charge in [0.1, 0.15) is 28.1 Å². The zero-order chi connectivity index (χ0) is 50.7. The second-order valence-corrected chi connectivity index (χ2v) is 23.8. The van der Waals surface area contributed by atoms with E-state index in [-0.39, 0.29) is 21.7 Å². The van der Waals surface area contributed by atoms with Crippen molar-refractivity contribution < 1.29 is 8.83 Å². The lowest BCUT2D eigenvalue weighted by Crippen LogP contribution is -2.24. The van der Waals surface area contributed by atoms with Crippen LogP contribution in [0.2, 0.25) is 0 Å². The van der Waals surface area contributed by atoms with E-state index >= 15 is 0 Å². The van der Waals surface area contributed by atoms with E-state index in [2.05, 4.69) is 230 Å². The lowest BCUT2D eigenvalue weighted by Gasteiger charge is -2.31. The molecule has 4 aliphatic carbocycles. The highest BCUT2D eigenvalue weighted by molar-refractivity contribution is 6.21. The molecule has 0 fully saturated rings. The first-order chi connectivity index (χ1) is 36.2. The van der Waals surface area contributed by atoms with Crippen LogP contribution >= 0.6 is 0 Å². The van der Waals surface area contributed by atoms with E-state index in [0.29, 0.717) is 0 Å². The molecule has 0 aliphatic heterocycles. The number of hydrogen-bond acceptors (Lipinski definition) is 4. The maximum atomic E-state index is 7.05. The second kappa shape index (κ2) is 14.2.